The average molecular weight is 138 g/mol. The Morgan fingerprint density at radius 1 is 2.00 bits per heavy atom. The van der Waals surface area contributed by atoms with Crippen LogP contribution in [0, 0.1) is 0 Å². The SMILES string of the molecule is COC(=O)C(N)CCl. The summed E-state index contributed by atoms with van der Waals surface area (Å²) in [4.78, 5) is 10.3. The van der Waals surface area contributed by atoms with Crippen LogP contribution in [0.5, 0.6) is 0 Å². The van der Waals surface area contributed by atoms with Crippen LogP contribution >= 0.6 is 11.6 Å². The molecular formula is C4H8ClNO2. The highest BCUT2D eigenvalue weighted by Gasteiger charge is 2.10. The average Bonchev–Trinajstić information content (AvgIpc) is 1.84. The van der Waals surface area contributed by atoms with E-state index in [-0.39, 0.29) is 5.88 Å². The fraction of sp³-hybridized carbons (Fsp3) is 0.750. The van der Waals surface area contributed by atoms with Crippen molar-refractivity contribution in [1.29, 1.82) is 0 Å². The van der Waals surface area contributed by atoms with Crippen LogP contribution in [0.25, 0.3) is 0 Å². The summed E-state index contributed by atoms with van der Waals surface area (Å²) in [6.07, 6.45) is 0. The fourth-order valence-corrected chi connectivity index (χ4v) is 0.340. The van der Waals surface area contributed by atoms with Crippen LogP contribution in [-0.2, 0) is 9.53 Å². The minimum atomic E-state index is -0.679. The number of esters is 1. The van der Waals surface area contributed by atoms with E-state index in [1.54, 1.807) is 0 Å². The lowest BCUT2D eigenvalue weighted by molar-refractivity contribution is -0.141. The van der Waals surface area contributed by atoms with Crippen molar-refractivity contribution in [3.63, 3.8) is 0 Å². The van der Waals surface area contributed by atoms with E-state index in [9.17, 15) is 4.79 Å². The maximum absolute atomic E-state index is 10.3. The zero-order valence-corrected chi connectivity index (χ0v) is 5.31. The fourth-order valence-electron chi connectivity index (χ4n) is 0.214. The minimum absolute atomic E-state index is 0.104. The predicted octanol–water partition coefficient (Wildman–Crippen LogP) is -0.274. The number of alkyl halides is 1. The van der Waals surface area contributed by atoms with Crippen molar-refractivity contribution in [2.24, 2.45) is 5.73 Å². The molecule has 0 aliphatic rings. The Kier molecular flexibility index (Phi) is 3.56. The molecule has 3 nitrogen and oxygen atoms in total. The topological polar surface area (TPSA) is 52.3 Å². The molecule has 0 aromatic rings. The lowest BCUT2D eigenvalue weighted by atomic mass is 10.4. The van der Waals surface area contributed by atoms with Crippen molar-refractivity contribution in [2.75, 3.05) is 13.0 Å². The molecule has 1 atom stereocenters. The first-order valence-corrected chi connectivity index (χ1v) is 2.65. The number of carbonyl (C=O) groups is 1. The number of carbonyl (C=O) groups excluding carboxylic acids is 1. The third kappa shape index (κ3) is 2.14. The molecular weight excluding hydrogens is 130 g/mol. The quantitative estimate of drug-likeness (QED) is 0.421. The molecule has 0 spiro atoms. The van der Waals surface area contributed by atoms with Crippen LogP contribution in [0.1, 0.15) is 0 Å². The van der Waals surface area contributed by atoms with Gasteiger partial charge in [-0.3, -0.25) is 4.79 Å². The number of ether oxygens (including phenoxy) is 1. The number of hydrogen-bond acceptors (Lipinski definition) is 3. The summed E-state index contributed by atoms with van der Waals surface area (Å²) in [6, 6.07) is -0.679. The van der Waals surface area contributed by atoms with Crippen molar-refractivity contribution in [3.8, 4) is 0 Å². The highest BCUT2D eigenvalue weighted by atomic mass is 35.5. The molecule has 4 heteroatoms. The van der Waals surface area contributed by atoms with Gasteiger partial charge >= 0.3 is 5.97 Å². The first kappa shape index (κ1) is 7.72. The van der Waals surface area contributed by atoms with Crippen molar-refractivity contribution in [2.45, 2.75) is 6.04 Å². The molecule has 0 aromatic carbocycles. The van der Waals surface area contributed by atoms with E-state index < -0.39 is 12.0 Å². The van der Waals surface area contributed by atoms with Gasteiger partial charge in [0, 0.05) is 5.88 Å². The second-order valence-electron chi connectivity index (χ2n) is 1.28. The summed E-state index contributed by atoms with van der Waals surface area (Å²) in [5, 5.41) is 0. The maximum atomic E-state index is 10.3. The first-order valence-electron chi connectivity index (χ1n) is 2.11. The predicted molar refractivity (Wildman–Crippen MR) is 30.7 cm³/mol. The van der Waals surface area contributed by atoms with Gasteiger partial charge in [-0.15, -0.1) is 11.6 Å². The second kappa shape index (κ2) is 3.69. The zero-order chi connectivity index (χ0) is 6.57. The van der Waals surface area contributed by atoms with E-state index in [2.05, 4.69) is 4.74 Å². The zero-order valence-electron chi connectivity index (χ0n) is 4.56. The van der Waals surface area contributed by atoms with E-state index >= 15 is 0 Å². The summed E-state index contributed by atoms with van der Waals surface area (Å²) < 4.78 is 4.25. The van der Waals surface area contributed by atoms with Crippen molar-refractivity contribution >= 4 is 17.6 Å². The molecule has 0 radical (unpaired) electrons. The molecule has 0 fully saturated rings. The van der Waals surface area contributed by atoms with Crippen LogP contribution in [0.15, 0.2) is 0 Å². The van der Waals surface area contributed by atoms with Gasteiger partial charge in [0.05, 0.1) is 7.11 Å². The highest BCUT2D eigenvalue weighted by Crippen LogP contribution is 1.85. The normalized spacial score (nSPS) is 12.9. The van der Waals surface area contributed by atoms with Crippen molar-refractivity contribution < 1.29 is 9.53 Å². The minimum Gasteiger partial charge on any atom is -0.468 e. The smallest absolute Gasteiger partial charge is 0.323 e. The van der Waals surface area contributed by atoms with Crippen LogP contribution in [0.3, 0.4) is 0 Å². The number of methoxy groups -OCH3 is 1. The molecule has 0 amide bonds. The monoisotopic (exact) mass is 137 g/mol. The summed E-state index contributed by atoms with van der Waals surface area (Å²) in [6.45, 7) is 0. The summed E-state index contributed by atoms with van der Waals surface area (Å²) in [5.74, 6) is -0.368. The van der Waals surface area contributed by atoms with Crippen LogP contribution in [0.4, 0.5) is 0 Å². The molecule has 0 aliphatic carbocycles. The van der Waals surface area contributed by atoms with Gasteiger partial charge in [0.1, 0.15) is 6.04 Å². The van der Waals surface area contributed by atoms with Crippen LogP contribution < -0.4 is 5.73 Å². The van der Waals surface area contributed by atoms with E-state index in [4.69, 9.17) is 17.3 Å². The van der Waals surface area contributed by atoms with E-state index in [0.717, 1.165) is 0 Å². The van der Waals surface area contributed by atoms with E-state index in [1.807, 2.05) is 0 Å². The first-order chi connectivity index (χ1) is 3.72. The Labute approximate surface area is 52.8 Å². The Bertz CT molecular complexity index is 86.1. The summed E-state index contributed by atoms with van der Waals surface area (Å²) in [5.41, 5.74) is 5.12. The van der Waals surface area contributed by atoms with Gasteiger partial charge in [-0.2, -0.15) is 0 Å². The highest BCUT2D eigenvalue weighted by molar-refractivity contribution is 6.19. The molecule has 1 unspecified atom stereocenters. The van der Waals surface area contributed by atoms with Gasteiger partial charge < -0.3 is 10.5 Å². The third-order valence-corrected chi connectivity index (χ3v) is 1.00. The Morgan fingerprint density at radius 3 is 2.62 bits per heavy atom. The molecule has 0 aromatic heterocycles. The molecule has 8 heavy (non-hydrogen) atoms. The van der Waals surface area contributed by atoms with Gasteiger partial charge in [0.15, 0.2) is 0 Å². The lowest BCUT2D eigenvalue weighted by Crippen LogP contribution is -2.32. The van der Waals surface area contributed by atoms with Gasteiger partial charge in [-0.25, -0.2) is 0 Å². The van der Waals surface area contributed by atoms with Gasteiger partial charge in [-0.1, -0.05) is 0 Å². The molecule has 0 aliphatic heterocycles. The molecule has 0 saturated heterocycles. The molecule has 0 heterocycles. The molecule has 2 N–H and O–H groups in total. The lowest BCUT2D eigenvalue weighted by Gasteiger charge is -2.01. The maximum Gasteiger partial charge on any atom is 0.323 e. The molecule has 0 saturated carbocycles. The van der Waals surface area contributed by atoms with Crippen molar-refractivity contribution in [1.82, 2.24) is 0 Å². The van der Waals surface area contributed by atoms with Gasteiger partial charge in [0.25, 0.3) is 0 Å². The van der Waals surface area contributed by atoms with Crippen LogP contribution in [-0.4, -0.2) is 25.0 Å². The molecule has 48 valence electrons. The van der Waals surface area contributed by atoms with Gasteiger partial charge in [-0.05, 0) is 0 Å². The largest absolute Gasteiger partial charge is 0.468 e. The number of halogens is 1. The number of hydrogen-bond donors (Lipinski definition) is 1. The van der Waals surface area contributed by atoms with Crippen molar-refractivity contribution in [3.05, 3.63) is 0 Å². The Balaban J connectivity index is 3.46. The van der Waals surface area contributed by atoms with E-state index in [0.29, 0.717) is 0 Å². The Morgan fingerprint density at radius 2 is 2.50 bits per heavy atom. The third-order valence-electron chi connectivity index (χ3n) is 0.670. The van der Waals surface area contributed by atoms with E-state index in [1.165, 1.54) is 7.11 Å². The standard InChI is InChI=1S/C4H8ClNO2/c1-8-4(7)3(6)2-5/h3H,2,6H2,1H3. The second-order valence-corrected chi connectivity index (χ2v) is 1.59. The molecule has 0 rings (SSSR count). The number of rotatable bonds is 2. The summed E-state index contributed by atoms with van der Waals surface area (Å²) >= 11 is 5.20. The molecule has 0 bridgehead atoms. The summed E-state index contributed by atoms with van der Waals surface area (Å²) in [7, 11) is 1.27. The van der Waals surface area contributed by atoms with Crippen LogP contribution in [0.2, 0.25) is 0 Å². The Hall–Kier alpha value is -0.280. The number of nitrogens with two attached hydrogens (primary N) is 1. The van der Waals surface area contributed by atoms with Gasteiger partial charge in [0.2, 0.25) is 0 Å².